The largest absolute Gasteiger partial charge is 0.497 e. The number of fused-ring (bicyclic) bond motifs is 1. The highest BCUT2D eigenvalue weighted by Crippen LogP contribution is 2.38. The highest BCUT2D eigenvalue weighted by Gasteiger charge is 2.28. The van der Waals surface area contributed by atoms with Crippen molar-refractivity contribution in [3.05, 3.63) is 53.6 Å². The lowest BCUT2D eigenvalue weighted by molar-refractivity contribution is 0.0453. The van der Waals surface area contributed by atoms with E-state index in [9.17, 15) is 5.11 Å². The van der Waals surface area contributed by atoms with Gasteiger partial charge in [-0.2, -0.15) is 0 Å². The summed E-state index contributed by atoms with van der Waals surface area (Å²) in [6, 6.07) is 13.7. The molecule has 0 radical (unpaired) electrons. The van der Waals surface area contributed by atoms with E-state index in [1.165, 1.54) is 0 Å². The number of aliphatic hydroxyl groups is 1. The molecule has 0 spiro atoms. The van der Waals surface area contributed by atoms with Crippen molar-refractivity contribution in [1.82, 2.24) is 0 Å². The molecule has 1 aliphatic rings. The van der Waals surface area contributed by atoms with Crippen LogP contribution in [0.1, 0.15) is 17.2 Å². The maximum absolute atomic E-state index is 10.6. The summed E-state index contributed by atoms with van der Waals surface area (Å²) in [4.78, 5) is 1.13. The lowest BCUT2D eigenvalue weighted by Crippen LogP contribution is -2.30. The Kier molecular flexibility index (Phi) is 4.08. The maximum Gasteiger partial charge on any atom is 0.138 e. The fourth-order valence-corrected chi connectivity index (χ4v) is 3.53. The van der Waals surface area contributed by atoms with Gasteiger partial charge in [-0.3, -0.25) is 0 Å². The van der Waals surface area contributed by atoms with Crippen molar-refractivity contribution in [3.63, 3.8) is 0 Å². The van der Waals surface area contributed by atoms with E-state index in [0.717, 1.165) is 33.3 Å². The van der Waals surface area contributed by atoms with Crippen molar-refractivity contribution in [3.8, 4) is 11.5 Å². The van der Waals surface area contributed by atoms with Gasteiger partial charge in [-0.1, -0.05) is 18.2 Å². The van der Waals surface area contributed by atoms with Gasteiger partial charge in [0.05, 0.1) is 7.11 Å². The Labute approximate surface area is 128 Å². The summed E-state index contributed by atoms with van der Waals surface area (Å²) in [7, 11) is 1.64. The van der Waals surface area contributed by atoms with Crippen LogP contribution in [0.3, 0.4) is 0 Å². The molecular formula is C17H18O3S. The molecule has 0 aromatic heterocycles. The first kappa shape index (κ1) is 14.3. The Morgan fingerprint density at radius 2 is 2.10 bits per heavy atom. The molecule has 0 bridgehead atoms. The third-order valence-electron chi connectivity index (χ3n) is 3.68. The van der Waals surface area contributed by atoms with Crippen molar-refractivity contribution in [2.75, 3.05) is 12.9 Å². The Hall–Kier alpha value is -1.65. The number of hydrogen-bond acceptors (Lipinski definition) is 4. The predicted octanol–water partition coefficient (Wildman–Crippen LogP) is 3.59. The molecule has 2 aromatic carbocycles. The van der Waals surface area contributed by atoms with Gasteiger partial charge in [0.25, 0.3) is 0 Å². The topological polar surface area (TPSA) is 38.7 Å². The number of ether oxygens (including phenoxy) is 2. The second kappa shape index (κ2) is 6.00. The zero-order chi connectivity index (χ0) is 14.8. The Balaban J connectivity index is 1.82. The quantitative estimate of drug-likeness (QED) is 0.940. The van der Waals surface area contributed by atoms with Crippen LogP contribution < -0.4 is 9.47 Å². The third-order valence-corrected chi connectivity index (χ3v) is 4.82. The second-order valence-corrected chi connectivity index (χ2v) is 6.14. The van der Waals surface area contributed by atoms with Gasteiger partial charge in [-0.05, 0) is 42.3 Å². The number of rotatable bonds is 3. The van der Waals surface area contributed by atoms with Crippen LogP contribution in [0, 0.1) is 6.92 Å². The first-order chi connectivity index (χ1) is 10.2. The van der Waals surface area contributed by atoms with Crippen LogP contribution in [-0.2, 0) is 0 Å². The van der Waals surface area contributed by atoms with E-state index in [1.807, 2.05) is 49.4 Å². The van der Waals surface area contributed by atoms with Crippen LogP contribution in [-0.4, -0.2) is 24.1 Å². The second-order valence-electron chi connectivity index (χ2n) is 5.08. The zero-order valence-electron chi connectivity index (χ0n) is 12.1. The molecule has 0 fully saturated rings. The van der Waals surface area contributed by atoms with Gasteiger partial charge >= 0.3 is 0 Å². The van der Waals surface area contributed by atoms with Gasteiger partial charge in [0.2, 0.25) is 0 Å². The molecule has 1 aliphatic heterocycles. The first-order valence-electron chi connectivity index (χ1n) is 6.90. The fourth-order valence-electron chi connectivity index (χ4n) is 2.50. The predicted molar refractivity (Wildman–Crippen MR) is 84.3 cm³/mol. The highest BCUT2D eigenvalue weighted by molar-refractivity contribution is 7.99. The number of benzene rings is 2. The van der Waals surface area contributed by atoms with Crippen molar-refractivity contribution >= 4 is 11.8 Å². The minimum Gasteiger partial charge on any atom is -0.497 e. The van der Waals surface area contributed by atoms with Crippen molar-refractivity contribution in [1.29, 1.82) is 0 Å². The maximum atomic E-state index is 10.6. The van der Waals surface area contributed by atoms with E-state index >= 15 is 0 Å². The molecule has 3 nitrogen and oxygen atoms in total. The molecule has 3 rings (SSSR count). The molecule has 0 amide bonds. The van der Waals surface area contributed by atoms with Gasteiger partial charge in [0.15, 0.2) is 0 Å². The summed E-state index contributed by atoms with van der Waals surface area (Å²) in [5.41, 5.74) is 1.90. The molecule has 0 saturated heterocycles. The number of thioether (sulfide) groups is 1. The number of methoxy groups -OCH3 is 1. The highest BCUT2D eigenvalue weighted by atomic mass is 32.2. The molecule has 0 aliphatic carbocycles. The van der Waals surface area contributed by atoms with Crippen LogP contribution in [0.2, 0.25) is 0 Å². The molecule has 2 unspecified atom stereocenters. The summed E-state index contributed by atoms with van der Waals surface area (Å²) in [6.45, 7) is 1.98. The van der Waals surface area contributed by atoms with Crippen LogP contribution in [0.25, 0.3) is 0 Å². The van der Waals surface area contributed by atoms with Crippen molar-refractivity contribution in [2.24, 2.45) is 0 Å². The number of aliphatic hydroxyl groups excluding tert-OH is 1. The molecule has 110 valence electrons. The Morgan fingerprint density at radius 1 is 1.29 bits per heavy atom. The molecule has 2 aromatic rings. The molecule has 1 N–H and O–H groups in total. The number of aryl methyl sites for hydroxylation is 1. The van der Waals surface area contributed by atoms with E-state index in [1.54, 1.807) is 18.9 Å². The Bertz CT molecular complexity index is 642. The van der Waals surface area contributed by atoms with Crippen LogP contribution >= 0.6 is 11.8 Å². The normalized spacial score (nSPS) is 18.5. The number of para-hydroxylation sites is 1. The lowest BCUT2D eigenvalue weighted by Gasteiger charge is -2.30. The van der Waals surface area contributed by atoms with Crippen LogP contribution in [0.4, 0.5) is 0 Å². The van der Waals surface area contributed by atoms with Crippen molar-refractivity contribution in [2.45, 2.75) is 24.0 Å². The number of hydrogen-bond donors (Lipinski definition) is 1. The fraction of sp³-hybridized carbons (Fsp3) is 0.294. The van der Waals surface area contributed by atoms with Crippen LogP contribution in [0.5, 0.6) is 11.5 Å². The van der Waals surface area contributed by atoms with Gasteiger partial charge in [0.1, 0.15) is 23.7 Å². The first-order valence-corrected chi connectivity index (χ1v) is 7.88. The average molecular weight is 302 g/mol. The average Bonchev–Trinajstić information content (AvgIpc) is 2.53. The minimum atomic E-state index is -0.642. The molecule has 1 heterocycles. The third kappa shape index (κ3) is 2.87. The summed E-state index contributed by atoms with van der Waals surface area (Å²) < 4.78 is 11.2. The van der Waals surface area contributed by atoms with Crippen LogP contribution in [0.15, 0.2) is 47.4 Å². The van der Waals surface area contributed by atoms with Gasteiger partial charge in [-0.25, -0.2) is 0 Å². The van der Waals surface area contributed by atoms with E-state index < -0.39 is 6.10 Å². The molecule has 21 heavy (non-hydrogen) atoms. The zero-order valence-corrected chi connectivity index (χ0v) is 12.9. The van der Waals surface area contributed by atoms with E-state index in [-0.39, 0.29) is 6.10 Å². The van der Waals surface area contributed by atoms with Gasteiger partial charge in [0, 0.05) is 10.6 Å². The summed E-state index contributed by atoms with van der Waals surface area (Å²) in [5.74, 6) is 2.39. The van der Waals surface area contributed by atoms with E-state index in [0.29, 0.717) is 0 Å². The monoisotopic (exact) mass is 302 g/mol. The molecule has 0 saturated carbocycles. The SMILES string of the molecule is COc1ccc(C(O)C2CSc3ccccc3O2)c(C)c1. The molecular weight excluding hydrogens is 284 g/mol. The summed E-state index contributed by atoms with van der Waals surface area (Å²) in [5, 5.41) is 10.6. The summed E-state index contributed by atoms with van der Waals surface area (Å²) in [6.07, 6.45) is -0.881. The smallest absolute Gasteiger partial charge is 0.138 e. The minimum absolute atomic E-state index is 0.239. The van der Waals surface area contributed by atoms with E-state index in [2.05, 4.69) is 0 Å². The van der Waals surface area contributed by atoms with Gasteiger partial charge < -0.3 is 14.6 Å². The van der Waals surface area contributed by atoms with Crippen molar-refractivity contribution < 1.29 is 14.6 Å². The van der Waals surface area contributed by atoms with Gasteiger partial charge in [-0.15, -0.1) is 11.8 Å². The summed E-state index contributed by atoms with van der Waals surface area (Å²) >= 11 is 1.72. The molecule has 4 heteroatoms. The standard InChI is InChI=1S/C17H18O3S/c1-11-9-12(19-2)7-8-13(11)17(18)15-10-21-16-6-4-3-5-14(16)20-15/h3-9,15,17-18H,10H2,1-2H3. The lowest BCUT2D eigenvalue weighted by atomic mass is 9.99. The van der Waals surface area contributed by atoms with E-state index in [4.69, 9.17) is 9.47 Å². The molecule has 2 atom stereocenters. The Morgan fingerprint density at radius 3 is 2.86 bits per heavy atom.